The largest absolute Gasteiger partial charge is 0.356 e. The van der Waals surface area contributed by atoms with E-state index in [0.717, 1.165) is 49.8 Å². The van der Waals surface area contributed by atoms with E-state index in [1.807, 2.05) is 19.2 Å². The summed E-state index contributed by atoms with van der Waals surface area (Å²) in [4.78, 5) is 14.7. The first-order chi connectivity index (χ1) is 12.7. The summed E-state index contributed by atoms with van der Waals surface area (Å²) in [6, 6.07) is 8.24. The average molecular weight is 498 g/mol. The van der Waals surface area contributed by atoms with Crippen LogP contribution in [0.15, 0.2) is 35.5 Å². The summed E-state index contributed by atoms with van der Waals surface area (Å²) in [7, 11) is 1.80. The Kier molecular flexibility index (Phi) is 8.49. The first kappa shape index (κ1) is 21.6. The zero-order valence-electron chi connectivity index (χ0n) is 16.0. The van der Waals surface area contributed by atoms with Crippen LogP contribution < -0.4 is 10.6 Å². The number of thiazole rings is 1. The number of aliphatic imine (C=N–C) groups is 1. The van der Waals surface area contributed by atoms with Crippen LogP contribution in [-0.2, 0) is 19.4 Å². The molecule has 0 aliphatic carbocycles. The summed E-state index contributed by atoms with van der Waals surface area (Å²) in [5.74, 6) is 1.85. The molecule has 6 nitrogen and oxygen atoms in total. The molecule has 0 saturated heterocycles. The summed E-state index contributed by atoms with van der Waals surface area (Å²) in [6.45, 7) is 6.67. The van der Waals surface area contributed by atoms with Gasteiger partial charge in [0.25, 0.3) is 0 Å². The highest BCUT2D eigenvalue weighted by molar-refractivity contribution is 14.0. The quantitative estimate of drug-likeness (QED) is 0.298. The van der Waals surface area contributed by atoms with Crippen molar-refractivity contribution in [2.45, 2.75) is 33.2 Å². The summed E-state index contributed by atoms with van der Waals surface area (Å²) in [5.41, 5.74) is 2.22. The number of aromatic nitrogens is 3. The highest BCUT2D eigenvalue weighted by Gasteiger charge is 2.07. The molecule has 0 amide bonds. The van der Waals surface area contributed by atoms with E-state index in [-0.39, 0.29) is 24.0 Å². The summed E-state index contributed by atoms with van der Waals surface area (Å²) >= 11 is 1.79. The van der Waals surface area contributed by atoms with Crippen LogP contribution in [0.4, 0.5) is 0 Å². The Labute approximate surface area is 181 Å². The number of nitrogens with zero attached hydrogens (tertiary/aromatic N) is 4. The fourth-order valence-electron chi connectivity index (χ4n) is 2.90. The third-order valence-corrected chi connectivity index (χ3v) is 5.48. The van der Waals surface area contributed by atoms with E-state index < -0.39 is 0 Å². The standard InChI is InChI=1S/C19H26N6S.HI/c1-4-15-13-23-18(26-15)9-10-21-19(20-3)22-11-12-25-14(2)24-16-7-5-6-8-17(16)25;/h5-8,13H,4,9-12H2,1-3H3,(H2,20,21,22);1H. The molecule has 27 heavy (non-hydrogen) atoms. The molecule has 3 rings (SSSR count). The number of para-hydroxylation sites is 2. The van der Waals surface area contributed by atoms with Crippen LogP contribution in [0.1, 0.15) is 22.6 Å². The van der Waals surface area contributed by atoms with Crippen LogP contribution in [0.2, 0.25) is 0 Å². The molecule has 0 saturated carbocycles. The molecule has 2 aromatic heterocycles. The molecule has 2 heterocycles. The first-order valence-electron chi connectivity index (χ1n) is 9.01. The Hall–Kier alpha value is -1.68. The molecule has 0 spiro atoms. The van der Waals surface area contributed by atoms with E-state index in [1.165, 1.54) is 15.4 Å². The predicted octanol–water partition coefficient (Wildman–Crippen LogP) is 3.39. The molecule has 2 N–H and O–H groups in total. The number of imidazole rings is 1. The second kappa shape index (κ2) is 10.6. The van der Waals surface area contributed by atoms with Crippen molar-refractivity contribution in [2.24, 2.45) is 4.99 Å². The normalized spacial score (nSPS) is 11.4. The molecule has 0 aliphatic rings. The maximum Gasteiger partial charge on any atom is 0.191 e. The van der Waals surface area contributed by atoms with Gasteiger partial charge in [-0.05, 0) is 25.5 Å². The van der Waals surface area contributed by atoms with Gasteiger partial charge in [-0.2, -0.15) is 0 Å². The first-order valence-corrected chi connectivity index (χ1v) is 9.83. The van der Waals surface area contributed by atoms with Crippen molar-refractivity contribution in [2.75, 3.05) is 20.1 Å². The summed E-state index contributed by atoms with van der Waals surface area (Å²) in [6.07, 6.45) is 3.94. The molecular weight excluding hydrogens is 471 g/mol. The van der Waals surface area contributed by atoms with Gasteiger partial charge in [0.15, 0.2) is 5.96 Å². The lowest BCUT2D eigenvalue weighted by molar-refractivity contribution is 0.659. The monoisotopic (exact) mass is 498 g/mol. The van der Waals surface area contributed by atoms with Crippen molar-refractivity contribution in [3.8, 4) is 0 Å². The Morgan fingerprint density at radius 3 is 2.74 bits per heavy atom. The SMILES string of the molecule is CCc1cnc(CCNC(=NC)NCCn2c(C)nc3ccccc32)s1.I. The average Bonchev–Trinajstić information content (AvgIpc) is 3.24. The fraction of sp³-hybridized carbons (Fsp3) is 0.421. The van der Waals surface area contributed by atoms with E-state index >= 15 is 0 Å². The Morgan fingerprint density at radius 1 is 1.22 bits per heavy atom. The smallest absolute Gasteiger partial charge is 0.191 e. The topological polar surface area (TPSA) is 67.1 Å². The highest BCUT2D eigenvalue weighted by Crippen LogP contribution is 2.15. The van der Waals surface area contributed by atoms with Crippen LogP contribution in [-0.4, -0.2) is 40.6 Å². The summed E-state index contributed by atoms with van der Waals surface area (Å²) in [5, 5.41) is 7.90. The van der Waals surface area contributed by atoms with Crippen molar-refractivity contribution in [3.05, 3.63) is 46.2 Å². The van der Waals surface area contributed by atoms with E-state index in [9.17, 15) is 0 Å². The molecule has 0 aliphatic heterocycles. The third kappa shape index (κ3) is 5.65. The van der Waals surface area contributed by atoms with Crippen molar-refractivity contribution in [1.82, 2.24) is 25.2 Å². The Morgan fingerprint density at radius 2 is 2.00 bits per heavy atom. The van der Waals surface area contributed by atoms with Gasteiger partial charge < -0.3 is 15.2 Å². The van der Waals surface area contributed by atoms with Crippen LogP contribution in [0.3, 0.4) is 0 Å². The van der Waals surface area contributed by atoms with E-state index in [0.29, 0.717) is 0 Å². The number of benzene rings is 1. The number of fused-ring (bicyclic) bond motifs is 1. The molecule has 0 unspecified atom stereocenters. The van der Waals surface area contributed by atoms with Crippen LogP contribution >= 0.6 is 35.3 Å². The fourth-order valence-corrected chi connectivity index (χ4v) is 3.76. The number of guanidine groups is 1. The zero-order chi connectivity index (χ0) is 18.4. The number of hydrogen-bond acceptors (Lipinski definition) is 4. The van der Waals surface area contributed by atoms with Crippen LogP contribution in [0, 0.1) is 6.92 Å². The highest BCUT2D eigenvalue weighted by atomic mass is 127. The number of hydrogen-bond donors (Lipinski definition) is 2. The summed E-state index contributed by atoms with van der Waals surface area (Å²) < 4.78 is 2.23. The van der Waals surface area contributed by atoms with E-state index in [4.69, 9.17) is 0 Å². The molecule has 0 radical (unpaired) electrons. The van der Waals surface area contributed by atoms with Gasteiger partial charge in [-0.3, -0.25) is 4.99 Å². The minimum atomic E-state index is 0. The molecule has 0 fully saturated rings. The van der Waals surface area contributed by atoms with Crippen molar-refractivity contribution in [3.63, 3.8) is 0 Å². The third-order valence-electron chi connectivity index (χ3n) is 4.28. The lowest BCUT2D eigenvalue weighted by atomic mass is 10.3. The maximum absolute atomic E-state index is 4.61. The molecule has 146 valence electrons. The van der Waals surface area contributed by atoms with E-state index in [1.54, 1.807) is 18.4 Å². The Bertz CT molecular complexity index is 885. The van der Waals surface area contributed by atoms with Gasteiger partial charge in [0.2, 0.25) is 0 Å². The van der Waals surface area contributed by atoms with Gasteiger partial charge in [-0.25, -0.2) is 9.97 Å². The van der Waals surface area contributed by atoms with E-state index in [2.05, 4.69) is 55.3 Å². The maximum atomic E-state index is 4.61. The molecule has 0 atom stereocenters. The van der Waals surface area contributed by atoms with Gasteiger partial charge in [0, 0.05) is 44.2 Å². The van der Waals surface area contributed by atoms with Gasteiger partial charge in [0.1, 0.15) is 5.82 Å². The molecule has 1 aromatic carbocycles. The van der Waals surface area contributed by atoms with Gasteiger partial charge in [0.05, 0.1) is 16.0 Å². The predicted molar refractivity (Wildman–Crippen MR) is 124 cm³/mol. The second-order valence-corrected chi connectivity index (χ2v) is 7.25. The van der Waals surface area contributed by atoms with Crippen molar-refractivity contribution in [1.29, 1.82) is 0 Å². The minimum absolute atomic E-state index is 0. The van der Waals surface area contributed by atoms with Crippen LogP contribution in [0.5, 0.6) is 0 Å². The second-order valence-electron chi connectivity index (χ2n) is 6.05. The van der Waals surface area contributed by atoms with Crippen LogP contribution in [0.25, 0.3) is 11.0 Å². The molecule has 3 aromatic rings. The van der Waals surface area contributed by atoms with Crippen molar-refractivity contribution < 1.29 is 0 Å². The zero-order valence-corrected chi connectivity index (χ0v) is 19.2. The minimum Gasteiger partial charge on any atom is -0.356 e. The van der Waals surface area contributed by atoms with Gasteiger partial charge >= 0.3 is 0 Å². The van der Waals surface area contributed by atoms with Crippen molar-refractivity contribution >= 4 is 52.3 Å². The lowest BCUT2D eigenvalue weighted by Crippen LogP contribution is -2.39. The number of rotatable bonds is 7. The number of aryl methyl sites for hydroxylation is 2. The Balaban J connectivity index is 0.00000261. The van der Waals surface area contributed by atoms with Gasteiger partial charge in [-0.1, -0.05) is 19.1 Å². The van der Waals surface area contributed by atoms with Gasteiger partial charge in [-0.15, -0.1) is 35.3 Å². The number of halogens is 1. The lowest BCUT2D eigenvalue weighted by Gasteiger charge is -2.12. The number of nitrogens with one attached hydrogen (secondary N) is 2. The molecule has 0 bridgehead atoms. The molecular formula is C19H27IN6S. The molecule has 8 heteroatoms.